The van der Waals surface area contributed by atoms with Gasteiger partial charge in [-0.25, -0.2) is 22.5 Å². The minimum atomic E-state index is -3.93. The first-order chi connectivity index (χ1) is 17.1. The van der Waals surface area contributed by atoms with Crippen molar-refractivity contribution in [2.45, 2.75) is 48.6 Å². The quantitative estimate of drug-likeness (QED) is 0.390. The molecule has 0 spiro atoms. The Labute approximate surface area is 206 Å². The Kier molecular flexibility index (Phi) is 7.00. The number of sulfonamides is 1. The van der Waals surface area contributed by atoms with E-state index in [0.29, 0.717) is 31.4 Å². The zero-order valence-electron chi connectivity index (χ0n) is 19.0. The van der Waals surface area contributed by atoms with E-state index in [1.165, 1.54) is 35.3 Å². The van der Waals surface area contributed by atoms with Crippen molar-refractivity contribution < 1.29 is 22.0 Å². The summed E-state index contributed by atoms with van der Waals surface area (Å²) < 4.78 is 56.5. The number of amides is 1. The number of pyridine rings is 1. The molecule has 1 aromatic carbocycles. The van der Waals surface area contributed by atoms with E-state index in [-0.39, 0.29) is 22.7 Å². The second-order valence-electron chi connectivity index (χ2n) is 8.60. The number of hydrogen-bond donors (Lipinski definition) is 3. The van der Waals surface area contributed by atoms with Crippen molar-refractivity contribution >= 4 is 27.4 Å². The van der Waals surface area contributed by atoms with E-state index < -0.39 is 39.3 Å². The van der Waals surface area contributed by atoms with E-state index >= 15 is 0 Å². The second-order valence-corrected chi connectivity index (χ2v) is 10.3. The summed E-state index contributed by atoms with van der Waals surface area (Å²) in [6.45, 7) is 0. The van der Waals surface area contributed by atoms with E-state index in [0.717, 1.165) is 18.2 Å². The van der Waals surface area contributed by atoms with Gasteiger partial charge in [-0.3, -0.25) is 9.48 Å². The summed E-state index contributed by atoms with van der Waals surface area (Å²) in [4.78, 5) is 15.4. The van der Waals surface area contributed by atoms with Gasteiger partial charge in [-0.05, 0) is 49.9 Å². The third kappa shape index (κ3) is 5.34. The first-order valence-electron chi connectivity index (χ1n) is 11.1. The highest BCUT2D eigenvalue weighted by molar-refractivity contribution is 7.89. The molecule has 4 rings (SSSR count). The Morgan fingerprint density at radius 1 is 1.25 bits per heavy atom. The van der Waals surface area contributed by atoms with Crippen LogP contribution < -0.4 is 15.8 Å². The zero-order chi connectivity index (χ0) is 25.9. The lowest BCUT2D eigenvalue weighted by Gasteiger charge is -2.39. The number of nitrogens with zero attached hydrogens (tertiary/aromatic N) is 4. The summed E-state index contributed by atoms with van der Waals surface area (Å²) in [6.07, 6.45) is 4.25. The molecular weight excluding hydrogens is 492 g/mol. The van der Waals surface area contributed by atoms with Crippen molar-refractivity contribution in [3.05, 3.63) is 66.1 Å². The van der Waals surface area contributed by atoms with E-state index in [4.69, 9.17) is 5.73 Å². The number of nitriles is 1. The maximum atomic E-state index is 13.5. The standard InChI is InChI=1S/C23H23F2N7O3S/c24-15-2-1-3-18(12-15)36(34,35)31-16-4-7-23(8-5-16,9-10-26)32-14-19(21(27)33)22(30-32)29-17-6-11-28-20(25)13-17/h1-3,6,11-14,16,31H,4-5,7-9H2,(H2,27,33)(H,28,29,30)/t16-,23+. The van der Waals surface area contributed by atoms with Crippen LogP contribution in [0.2, 0.25) is 0 Å². The second kappa shape index (κ2) is 10.00. The highest BCUT2D eigenvalue weighted by Crippen LogP contribution is 2.39. The minimum Gasteiger partial charge on any atom is -0.365 e. The van der Waals surface area contributed by atoms with Crippen LogP contribution in [0, 0.1) is 23.1 Å². The highest BCUT2D eigenvalue weighted by atomic mass is 32.2. The largest absolute Gasteiger partial charge is 0.365 e. The van der Waals surface area contributed by atoms with Crippen molar-refractivity contribution in [1.82, 2.24) is 19.5 Å². The van der Waals surface area contributed by atoms with Gasteiger partial charge in [0.2, 0.25) is 16.0 Å². The van der Waals surface area contributed by atoms with Gasteiger partial charge in [0.05, 0.1) is 22.9 Å². The maximum absolute atomic E-state index is 13.5. The molecular formula is C23H23F2N7O3S. The molecule has 1 aliphatic rings. The number of hydrogen-bond acceptors (Lipinski definition) is 7. The molecule has 1 amide bonds. The molecule has 1 saturated carbocycles. The van der Waals surface area contributed by atoms with Gasteiger partial charge in [0.15, 0.2) is 5.82 Å². The molecule has 2 heterocycles. The fraction of sp³-hybridized carbons (Fsp3) is 0.304. The molecule has 36 heavy (non-hydrogen) atoms. The number of nitrogens with two attached hydrogens (primary N) is 1. The number of aromatic nitrogens is 3. The molecule has 0 bridgehead atoms. The first-order valence-corrected chi connectivity index (χ1v) is 12.5. The van der Waals surface area contributed by atoms with Crippen LogP contribution in [0.4, 0.5) is 20.3 Å². The van der Waals surface area contributed by atoms with Crippen LogP contribution in [0.3, 0.4) is 0 Å². The number of anilines is 2. The minimum absolute atomic E-state index is 0.0541. The highest BCUT2D eigenvalue weighted by Gasteiger charge is 2.40. The Bertz CT molecular complexity index is 1430. The maximum Gasteiger partial charge on any atom is 0.254 e. The topological polar surface area (TPSA) is 156 Å². The molecule has 0 radical (unpaired) electrons. The van der Waals surface area contributed by atoms with Gasteiger partial charge in [0.1, 0.15) is 11.4 Å². The van der Waals surface area contributed by atoms with Crippen molar-refractivity contribution in [3.8, 4) is 6.07 Å². The number of carbonyl (C=O) groups excluding carboxylic acids is 1. The van der Waals surface area contributed by atoms with Crippen LogP contribution in [0.5, 0.6) is 0 Å². The molecule has 0 unspecified atom stereocenters. The van der Waals surface area contributed by atoms with E-state index in [1.807, 2.05) is 0 Å². The molecule has 188 valence electrons. The molecule has 13 heteroatoms. The van der Waals surface area contributed by atoms with Crippen LogP contribution in [-0.4, -0.2) is 35.1 Å². The lowest BCUT2D eigenvalue weighted by Crippen LogP contribution is -2.45. The number of benzene rings is 1. The zero-order valence-corrected chi connectivity index (χ0v) is 19.8. The third-order valence-electron chi connectivity index (χ3n) is 6.21. The van der Waals surface area contributed by atoms with Crippen LogP contribution in [0.25, 0.3) is 0 Å². The number of rotatable bonds is 8. The summed E-state index contributed by atoms with van der Waals surface area (Å²) in [6, 6.07) is 9.08. The smallest absolute Gasteiger partial charge is 0.254 e. The molecule has 10 nitrogen and oxygen atoms in total. The fourth-order valence-corrected chi connectivity index (χ4v) is 5.67. The summed E-state index contributed by atoms with van der Waals surface area (Å²) in [5, 5.41) is 16.8. The van der Waals surface area contributed by atoms with E-state index in [2.05, 4.69) is 26.2 Å². The van der Waals surface area contributed by atoms with E-state index in [1.54, 1.807) is 0 Å². The van der Waals surface area contributed by atoms with Gasteiger partial charge >= 0.3 is 0 Å². The fourth-order valence-electron chi connectivity index (χ4n) is 4.34. The number of nitrogens with one attached hydrogen (secondary N) is 2. The average molecular weight is 516 g/mol. The van der Waals surface area contributed by atoms with Gasteiger partial charge in [-0.2, -0.15) is 14.8 Å². The van der Waals surface area contributed by atoms with Crippen LogP contribution in [0.1, 0.15) is 42.5 Å². The van der Waals surface area contributed by atoms with Crippen molar-refractivity contribution in [2.75, 3.05) is 5.32 Å². The predicted octanol–water partition coefficient (Wildman–Crippen LogP) is 2.93. The normalized spacial score (nSPS) is 20.0. The van der Waals surface area contributed by atoms with Crippen LogP contribution >= 0.6 is 0 Å². The number of carbonyl (C=O) groups is 1. The SMILES string of the molecule is N#CC[C@]1(n2cc(C(N)=O)c(Nc3ccnc(F)c3)n2)CC[C@@H](NS(=O)(=O)c2cccc(F)c2)CC1. The third-order valence-corrected chi connectivity index (χ3v) is 7.73. The monoisotopic (exact) mass is 515 g/mol. The molecule has 4 N–H and O–H groups in total. The Hall–Kier alpha value is -3.89. The van der Waals surface area contributed by atoms with Crippen molar-refractivity contribution in [2.24, 2.45) is 5.73 Å². The van der Waals surface area contributed by atoms with Gasteiger partial charge in [-0.15, -0.1) is 0 Å². The molecule has 3 aromatic rings. The average Bonchev–Trinajstić information content (AvgIpc) is 3.25. The molecule has 1 fully saturated rings. The van der Waals surface area contributed by atoms with Crippen molar-refractivity contribution in [1.29, 1.82) is 5.26 Å². The van der Waals surface area contributed by atoms with Gasteiger partial charge in [-0.1, -0.05) is 6.07 Å². The molecule has 0 aliphatic heterocycles. The Morgan fingerprint density at radius 3 is 2.64 bits per heavy atom. The van der Waals surface area contributed by atoms with Gasteiger partial charge in [0.25, 0.3) is 5.91 Å². The number of halogens is 2. The molecule has 2 aromatic heterocycles. The van der Waals surface area contributed by atoms with Gasteiger partial charge in [0, 0.05) is 30.2 Å². The van der Waals surface area contributed by atoms with Gasteiger partial charge < -0.3 is 11.1 Å². The molecule has 1 aliphatic carbocycles. The van der Waals surface area contributed by atoms with Crippen LogP contribution in [0.15, 0.2) is 53.7 Å². The van der Waals surface area contributed by atoms with Crippen LogP contribution in [-0.2, 0) is 15.6 Å². The predicted molar refractivity (Wildman–Crippen MR) is 125 cm³/mol. The Morgan fingerprint density at radius 2 is 2.00 bits per heavy atom. The first kappa shape index (κ1) is 25.2. The summed E-state index contributed by atoms with van der Waals surface area (Å²) >= 11 is 0. The summed E-state index contributed by atoms with van der Waals surface area (Å²) in [7, 11) is -3.93. The lowest BCUT2D eigenvalue weighted by molar-refractivity contribution is 0.1000. The summed E-state index contributed by atoms with van der Waals surface area (Å²) in [5.41, 5.74) is 5.07. The number of primary amides is 1. The Balaban J connectivity index is 1.55. The lowest BCUT2D eigenvalue weighted by atomic mass is 9.78. The summed E-state index contributed by atoms with van der Waals surface area (Å²) in [5.74, 6) is -2.04. The van der Waals surface area contributed by atoms with E-state index in [9.17, 15) is 27.3 Å². The molecule has 0 atom stereocenters. The molecule has 0 saturated heterocycles. The van der Waals surface area contributed by atoms with Crippen molar-refractivity contribution in [3.63, 3.8) is 0 Å².